The predicted molar refractivity (Wildman–Crippen MR) is 50.9 cm³/mol. The van der Waals surface area contributed by atoms with Gasteiger partial charge in [-0.1, -0.05) is 25.5 Å². The Hall–Kier alpha value is -0.590. The number of allylic oxidation sites excluding steroid dienone is 2. The summed E-state index contributed by atoms with van der Waals surface area (Å²) in [6.45, 7) is 4.49. The standard InChI is InChI=1S/C11H18O/c1-9(2)7-10-3-5-11(8-12)6-4-10/h3,8-9,11H,4-7H2,1-2H3. The molecule has 0 fully saturated rings. The first kappa shape index (κ1) is 9.50. The minimum atomic E-state index is 0.306. The molecule has 1 nitrogen and oxygen atoms in total. The molecular weight excluding hydrogens is 148 g/mol. The van der Waals surface area contributed by atoms with Crippen molar-refractivity contribution in [3.8, 4) is 0 Å². The molecule has 0 bridgehead atoms. The van der Waals surface area contributed by atoms with E-state index in [9.17, 15) is 4.79 Å². The third kappa shape index (κ3) is 2.80. The SMILES string of the molecule is CC(C)CC1=CCC(C=O)CC1. The number of aldehydes is 1. The van der Waals surface area contributed by atoms with Crippen molar-refractivity contribution in [2.75, 3.05) is 0 Å². The van der Waals surface area contributed by atoms with E-state index in [1.165, 1.54) is 6.42 Å². The van der Waals surface area contributed by atoms with Crippen molar-refractivity contribution >= 4 is 6.29 Å². The molecule has 0 spiro atoms. The Bertz CT molecular complexity index is 179. The molecule has 1 rings (SSSR count). The molecule has 1 aliphatic carbocycles. The van der Waals surface area contributed by atoms with Crippen LogP contribution in [0.25, 0.3) is 0 Å². The normalized spacial score (nSPS) is 23.9. The molecular formula is C11H18O. The Balaban J connectivity index is 2.39. The molecule has 0 heterocycles. The summed E-state index contributed by atoms with van der Waals surface area (Å²) in [5.41, 5.74) is 1.56. The van der Waals surface area contributed by atoms with Crippen molar-refractivity contribution in [2.45, 2.75) is 39.5 Å². The fourth-order valence-electron chi connectivity index (χ4n) is 1.74. The highest BCUT2D eigenvalue weighted by molar-refractivity contribution is 5.54. The van der Waals surface area contributed by atoms with Crippen molar-refractivity contribution in [2.24, 2.45) is 11.8 Å². The van der Waals surface area contributed by atoms with Gasteiger partial charge in [-0.25, -0.2) is 0 Å². The lowest BCUT2D eigenvalue weighted by atomic mass is 9.87. The molecule has 0 aliphatic heterocycles. The third-order valence-corrected chi connectivity index (χ3v) is 2.41. The summed E-state index contributed by atoms with van der Waals surface area (Å²) in [6, 6.07) is 0. The summed E-state index contributed by atoms with van der Waals surface area (Å²) < 4.78 is 0. The second-order valence-corrected chi connectivity index (χ2v) is 4.13. The van der Waals surface area contributed by atoms with E-state index in [4.69, 9.17) is 0 Å². The first-order valence-electron chi connectivity index (χ1n) is 4.85. The van der Waals surface area contributed by atoms with Gasteiger partial charge in [-0.2, -0.15) is 0 Å². The van der Waals surface area contributed by atoms with Crippen LogP contribution < -0.4 is 0 Å². The van der Waals surface area contributed by atoms with Crippen LogP contribution >= 0.6 is 0 Å². The van der Waals surface area contributed by atoms with Gasteiger partial charge >= 0.3 is 0 Å². The fourth-order valence-corrected chi connectivity index (χ4v) is 1.74. The maximum Gasteiger partial charge on any atom is 0.123 e. The second-order valence-electron chi connectivity index (χ2n) is 4.13. The van der Waals surface area contributed by atoms with Crippen molar-refractivity contribution < 1.29 is 4.79 Å². The first-order valence-corrected chi connectivity index (χ1v) is 4.85. The quantitative estimate of drug-likeness (QED) is 0.465. The Morgan fingerprint density at radius 1 is 1.67 bits per heavy atom. The third-order valence-electron chi connectivity index (χ3n) is 2.41. The molecule has 0 radical (unpaired) electrons. The molecule has 0 saturated heterocycles. The lowest BCUT2D eigenvalue weighted by molar-refractivity contribution is -0.111. The molecule has 0 aromatic carbocycles. The van der Waals surface area contributed by atoms with E-state index in [0.717, 1.165) is 31.5 Å². The molecule has 68 valence electrons. The van der Waals surface area contributed by atoms with Gasteiger partial charge in [-0.15, -0.1) is 0 Å². The van der Waals surface area contributed by atoms with Gasteiger partial charge in [0.15, 0.2) is 0 Å². The lowest BCUT2D eigenvalue weighted by Gasteiger charge is -2.18. The van der Waals surface area contributed by atoms with Crippen LogP contribution in [-0.2, 0) is 4.79 Å². The molecule has 1 unspecified atom stereocenters. The van der Waals surface area contributed by atoms with Crippen LogP contribution in [-0.4, -0.2) is 6.29 Å². The lowest BCUT2D eigenvalue weighted by Crippen LogP contribution is -2.07. The number of rotatable bonds is 3. The topological polar surface area (TPSA) is 17.1 Å². The Morgan fingerprint density at radius 2 is 2.42 bits per heavy atom. The van der Waals surface area contributed by atoms with E-state index < -0.39 is 0 Å². The Labute approximate surface area is 74.9 Å². The number of hydrogen-bond acceptors (Lipinski definition) is 1. The highest BCUT2D eigenvalue weighted by Gasteiger charge is 2.13. The van der Waals surface area contributed by atoms with Gasteiger partial charge in [0.05, 0.1) is 0 Å². The van der Waals surface area contributed by atoms with E-state index in [0.29, 0.717) is 5.92 Å². The van der Waals surface area contributed by atoms with Crippen LogP contribution in [0, 0.1) is 11.8 Å². The molecule has 0 amide bonds. The summed E-state index contributed by atoms with van der Waals surface area (Å²) in [5.74, 6) is 1.06. The van der Waals surface area contributed by atoms with Crippen LogP contribution in [0.3, 0.4) is 0 Å². The van der Waals surface area contributed by atoms with Crippen LogP contribution in [0.4, 0.5) is 0 Å². The van der Waals surface area contributed by atoms with E-state index in [2.05, 4.69) is 19.9 Å². The Morgan fingerprint density at radius 3 is 2.83 bits per heavy atom. The maximum atomic E-state index is 10.5. The molecule has 0 aromatic heterocycles. The van der Waals surface area contributed by atoms with Crippen LogP contribution in [0.15, 0.2) is 11.6 Å². The minimum absolute atomic E-state index is 0.306. The van der Waals surface area contributed by atoms with Crippen LogP contribution in [0.2, 0.25) is 0 Å². The fraction of sp³-hybridized carbons (Fsp3) is 0.727. The first-order chi connectivity index (χ1) is 5.72. The molecule has 12 heavy (non-hydrogen) atoms. The summed E-state index contributed by atoms with van der Waals surface area (Å²) in [5, 5.41) is 0. The number of hydrogen-bond donors (Lipinski definition) is 0. The molecule has 0 aromatic rings. The van der Waals surface area contributed by atoms with E-state index in [1.807, 2.05) is 0 Å². The maximum absolute atomic E-state index is 10.5. The van der Waals surface area contributed by atoms with Crippen molar-refractivity contribution in [3.05, 3.63) is 11.6 Å². The number of carbonyl (C=O) groups excluding carboxylic acids is 1. The molecule has 1 aliphatic rings. The van der Waals surface area contributed by atoms with Gasteiger partial charge in [0.2, 0.25) is 0 Å². The van der Waals surface area contributed by atoms with E-state index in [1.54, 1.807) is 5.57 Å². The van der Waals surface area contributed by atoms with Crippen molar-refractivity contribution in [1.29, 1.82) is 0 Å². The van der Waals surface area contributed by atoms with Gasteiger partial charge in [-0.05, 0) is 31.6 Å². The van der Waals surface area contributed by atoms with Gasteiger partial charge in [0.1, 0.15) is 6.29 Å². The summed E-state index contributed by atoms with van der Waals surface area (Å²) >= 11 is 0. The van der Waals surface area contributed by atoms with Crippen molar-refractivity contribution in [3.63, 3.8) is 0 Å². The highest BCUT2D eigenvalue weighted by Crippen LogP contribution is 2.26. The van der Waals surface area contributed by atoms with Gasteiger partial charge < -0.3 is 4.79 Å². The van der Waals surface area contributed by atoms with Gasteiger partial charge in [-0.3, -0.25) is 0 Å². The summed E-state index contributed by atoms with van der Waals surface area (Å²) in [6.07, 6.45) is 7.77. The monoisotopic (exact) mass is 166 g/mol. The van der Waals surface area contributed by atoms with E-state index >= 15 is 0 Å². The van der Waals surface area contributed by atoms with Crippen molar-refractivity contribution in [1.82, 2.24) is 0 Å². The zero-order valence-corrected chi connectivity index (χ0v) is 8.05. The average molecular weight is 166 g/mol. The smallest absolute Gasteiger partial charge is 0.123 e. The highest BCUT2D eigenvalue weighted by atomic mass is 16.1. The van der Waals surface area contributed by atoms with Crippen LogP contribution in [0.1, 0.15) is 39.5 Å². The number of carbonyl (C=O) groups is 1. The molecule has 0 N–H and O–H groups in total. The molecule has 1 heteroatoms. The van der Waals surface area contributed by atoms with Gasteiger partial charge in [0, 0.05) is 5.92 Å². The van der Waals surface area contributed by atoms with Crippen LogP contribution in [0.5, 0.6) is 0 Å². The summed E-state index contributed by atoms with van der Waals surface area (Å²) in [4.78, 5) is 10.5. The molecule has 1 atom stereocenters. The minimum Gasteiger partial charge on any atom is -0.303 e. The zero-order valence-electron chi connectivity index (χ0n) is 8.05. The van der Waals surface area contributed by atoms with Gasteiger partial charge in [0.25, 0.3) is 0 Å². The Kier molecular flexibility index (Phi) is 3.51. The predicted octanol–water partition coefficient (Wildman–Crippen LogP) is 2.96. The average Bonchev–Trinajstić information content (AvgIpc) is 2.05. The largest absolute Gasteiger partial charge is 0.303 e. The second kappa shape index (κ2) is 4.44. The summed E-state index contributed by atoms with van der Waals surface area (Å²) in [7, 11) is 0. The molecule has 0 saturated carbocycles. The van der Waals surface area contributed by atoms with E-state index in [-0.39, 0.29) is 0 Å². The zero-order chi connectivity index (χ0) is 8.97.